The minimum atomic E-state index is -0.0559. The highest BCUT2D eigenvalue weighted by atomic mass is 16.5. The number of carbonyl (C=O) groups is 1. The molecule has 6 heteroatoms. The smallest absolute Gasteiger partial charge is 0.323 e. The van der Waals surface area contributed by atoms with E-state index in [1.807, 2.05) is 27.7 Å². The largest absolute Gasteiger partial charge is 0.461 e. The van der Waals surface area contributed by atoms with Crippen LogP contribution in [0.4, 0.5) is 0 Å². The van der Waals surface area contributed by atoms with E-state index in [-0.39, 0.29) is 24.2 Å². The number of nitrogens with zero attached hydrogens (tertiary/aromatic N) is 3. The van der Waals surface area contributed by atoms with E-state index in [0.717, 1.165) is 11.8 Å². The SMILES string of the molecule is CC(C)Oc1nc(OC(C)C)nc(-c2ccc(C=O)cc2)n1. The van der Waals surface area contributed by atoms with E-state index < -0.39 is 0 Å². The van der Waals surface area contributed by atoms with E-state index >= 15 is 0 Å². The Balaban J connectivity index is 2.40. The lowest BCUT2D eigenvalue weighted by Gasteiger charge is -2.12. The molecule has 0 unspecified atom stereocenters. The van der Waals surface area contributed by atoms with Crippen molar-refractivity contribution in [1.29, 1.82) is 0 Å². The Morgan fingerprint density at radius 3 is 1.77 bits per heavy atom. The fourth-order valence-electron chi connectivity index (χ4n) is 1.70. The zero-order valence-corrected chi connectivity index (χ0v) is 13.1. The van der Waals surface area contributed by atoms with Crippen molar-refractivity contribution >= 4 is 6.29 Å². The molecular formula is C16H19N3O3. The number of benzene rings is 1. The summed E-state index contributed by atoms with van der Waals surface area (Å²) in [6.45, 7) is 7.58. The Hall–Kier alpha value is -2.50. The first kappa shape index (κ1) is 15.9. The Kier molecular flexibility index (Phi) is 5.04. The molecule has 2 aromatic rings. The number of aromatic nitrogens is 3. The van der Waals surface area contributed by atoms with Gasteiger partial charge in [0.1, 0.15) is 6.29 Å². The number of carbonyl (C=O) groups excluding carboxylic acids is 1. The van der Waals surface area contributed by atoms with Crippen LogP contribution in [0.2, 0.25) is 0 Å². The molecule has 0 atom stereocenters. The molecule has 0 aliphatic rings. The normalized spacial score (nSPS) is 10.8. The van der Waals surface area contributed by atoms with Gasteiger partial charge in [-0.3, -0.25) is 4.79 Å². The van der Waals surface area contributed by atoms with Gasteiger partial charge in [0.05, 0.1) is 12.2 Å². The molecular weight excluding hydrogens is 282 g/mol. The minimum Gasteiger partial charge on any atom is -0.461 e. The average Bonchev–Trinajstić information content (AvgIpc) is 2.45. The third kappa shape index (κ3) is 4.25. The molecule has 0 amide bonds. The van der Waals surface area contributed by atoms with E-state index in [9.17, 15) is 4.79 Å². The summed E-state index contributed by atoms with van der Waals surface area (Å²) in [6.07, 6.45) is 0.678. The zero-order valence-electron chi connectivity index (χ0n) is 13.1. The summed E-state index contributed by atoms with van der Waals surface area (Å²) in [6, 6.07) is 7.40. The number of hydrogen-bond donors (Lipinski definition) is 0. The quantitative estimate of drug-likeness (QED) is 0.764. The van der Waals surface area contributed by atoms with Crippen LogP contribution in [0.1, 0.15) is 38.1 Å². The summed E-state index contributed by atoms with van der Waals surface area (Å²) in [5, 5.41) is 0. The van der Waals surface area contributed by atoms with Crippen molar-refractivity contribution in [2.24, 2.45) is 0 Å². The zero-order chi connectivity index (χ0) is 16.1. The van der Waals surface area contributed by atoms with Crippen LogP contribution in [0, 0.1) is 0 Å². The van der Waals surface area contributed by atoms with Gasteiger partial charge in [0.25, 0.3) is 0 Å². The Morgan fingerprint density at radius 2 is 1.36 bits per heavy atom. The number of aldehydes is 1. The van der Waals surface area contributed by atoms with Crippen LogP contribution in [0.3, 0.4) is 0 Å². The maximum atomic E-state index is 10.7. The van der Waals surface area contributed by atoms with Crippen LogP contribution in [-0.4, -0.2) is 33.4 Å². The van der Waals surface area contributed by atoms with Crippen molar-refractivity contribution in [2.45, 2.75) is 39.9 Å². The fourth-order valence-corrected chi connectivity index (χ4v) is 1.70. The monoisotopic (exact) mass is 301 g/mol. The first-order chi connectivity index (χ1) is 10.5. The van der Waals surface area contributed by atoms with E-state index in [4.69, 9.17) is 9.47 Å². The second kappa shape index (κ2) is 6.98. The molecule has 2 rings (SSSR count). The molecule has 1 aromatic heterocycles. The standard InChI is InChI=1S/C16H19N3O3/c1-10(2)21-15-17-14(18-16(19-15)22-11(3)4)13-7-5-12(9-20)6-8-13/h5-11H,1-4H3. The van der Waals surface area contributed by atoms with Crippen LogP contribution < -0.4 is 9.47 Å². The second-order valence-corrected chi connectivity index (χ2v) is 5.30. The first-order valence-electron chi connectivity index (χ1n) is 7.13. The Morgan fingerprint density at radius 1 is 0.864 bits per heavy atom. The van der Waals surface area contributed by atoms with Gasteiger partial charge in [-0.25, -0.2) is 0 Å². The van der Waals surface area contributed by atoms with Gasteiger partial charge in [0, 0.05) is 11.1 Å². The van der Waals surface area contributed by atoms with Gasteiger partial charge in [-0.2, -0.15) is 9.97 Å². The van der Waals surface area contributed by atoms with E-state index in [1.165, 1.54) is 0 Å². The fraction of sp³-hybridized carbons (Fsp3) is 0.375. The number of rotatable bonds is 6. The molecule has 0 radical (unpaired) electrons. The minimum absolute atomic E-state index is 0.0559. The van der Waals surface area contributed by atoms with Crippen molar-refractivity contribution < 1.29 is 14.3 Å². The molecule has 1 aromatic carbocycles. The highest BCUT2D eigenvalue weighted by Gasteiger charge is 2.12. The van der Waals surface area contributed by atoms with Gasteiger partial charge < -0.3 is 9.47 Å². The molecule has 1 heterocycles. The molecule has 116 valence electrons. The molecule has 0 aliphatic heterocycles. The maximum absolute atomic E-state index is 10.7. The summed E-state index contributed by atoms with van der Waals surface area (Å²) in [5.41, 5.74) is 1.35. The van der Waals surface area contributed by atoms with Crippen LogP contribution in [-0.2, 0) is 0 Å². The summed E-state index contributed by atoms with van der Waals surface area (Å²) >= 11 is 0. The average molecular weight is 301 g/mol. The van der Waals surface area contributed by atoms with Gasteiger partial charge >= 0.3 is 12.0 Å². The Labute approximate surface area is 129 Å². The maximum Gasteiger partial charge on any atom is 0.323 e. The van der Waals surface area contributed by atoms with E-state index in [2.05, 4.69) is 15.0 Å². The van der Waals surface area contributed by atoms with Gasteiger partial charge in [-0.05, 0) is 27.7 Å². The van der Waals surface area contributed by atoms with Crippen molar-refractivity contribution in [3.8, 4) is 23.4 Å². The highest BCUT2D eigenvalue weighted by Crippen LogP contribution is 2.21. The van der Waals surface area contributed by atoms with E-state index in [0.29, 0.717) is 11.4 Å². The molecule has 0 N–H and O–H groups in total. The van der Waals surface area contributed by atoms with Gasteiger partial charge in [0.15, 0.2) is 5.82 Å². The van der Waals surface area contributed by atoms with Crippen molar-refractivity contribution in [2.75, 3.05) is 0 Å². The van der Waals surface area contributed by atoms with E-state index in [1.54, 1.807) is 24.3 Å². The molecule has 0 aliphatic carbocycles. The molecule has 6 nitrogen and oxygen atoms in total. The molecule has 0 saturated heterocycles. The van der Waals surface area contributed by atoms with Gasteiger partial charge in [0.2, 0.25) is 0 Å². The highest BCUT2D eigenvalue weighted by molar-refractivity contribution is 5.76. The molecule has 0 bridgehead atoms. The molecule has 0 spiro atoms. The van der Waals surface area contributed by atoms with Crippen molar-refractivity contribution in [3.05, 3.63) is 29.8 Å². The lowest BCUT2D eigenvalue weighted by molar-refractivity contribution is 0.112. The molecule has 0 saturated carbocycles. The predicted molar refractivity (Wildman–Crippen MR) is 82.2 cm³/mol. The summed E-state index contributed by atoms with van der Waals surface area (Å²) in [7, 11) is 0. The van der Waals surface area contributed by atoms with Crippen LogP contribution in [0.5, 0.6) is 12.0 Å². The van der Waals surface area contributed by atoms with Crippen molar-refractivity contribution in [3.63, 3.8) is 0 Å². The lowest BCUT2D eigenvalue weighted by Crippen LogP contribution is -2.13. The summed E-state index contributed by atoms with van der Waals surface area (Å²) in [5.74, 6) is 0.443. The Bertz CT molecular complexity index is 611. The van der Waals surface area contributed by atoms with Gasteiger partial charge in [-0.15, -0.1) is 4.98 Å². The third-order valence-corrected chi connectivity index (χ3v) is 2.58. The van der Waals surface area contributed by atoms with Crippen molar-refractivity contribution in [1.82, 2.24) is 15.0 Å². The first-order valence-corrected chi connectivity index (χ1v) is 7.13. The third-order valence-electron chi connectivity index (χ3n) is 2.58. The van der Waals surface area contributed by atoms with Crippen LogP contribution in [0.25, 0.3) is 11.4 Å². The van der Waals surface area contributed by atoms with Crippen LogP contribution in [0.15, 0.2) is 24.3 Å². The number of ether oxygens (including phenoxy) is 2. The summed E-state index contributed by atoms with van der Waals surface area (Å²) < 4.78 is 11.1. The predicted octanol–water partition coefficient (Wildman–Crippen LogP) is 2.93. The van der Waals surface area contributed by atoms with Crippen LogP contribution >= 0.6 is 0 Å². The van der Waals surface area contributed by atoms with Gasteiger partial charge in [-0.1, -0.05) is 24.3 Å². The lowest BCUT2D eigenvalue weighted by atomic mass is 10.1. The second-order valence-electron chi connectivity index (χ2n) is 5.30. The number of hydrogen-bond acceptors (Lipinski definition) is 6. The summed E-state index contributed by atoms with van der Waals surface area (Å²) in [4.78, 5) is 23.5. The molecule has 22 heavy (non-hydrogen) atoms. The topological polar surface area (TPSA) is 74.2 Å². The molecule has 0 fully saturated rings.